The van der Waals surface area contributed by atoms with Crippen LogP contribution in [0, 0.1) is 6.92 Å². The van der Waals surface area contributed by atoms with Gasteiger partial charge in [0.25, 0.3) is 5.91 Å². The quantitative estimate of drug-likeness (QED) is 0.724. The van der Waals surface area contributed by atoms with Gasteiger partial charge in [-0.15, -0.1) is 0 Å². The van der Waals surface area contributed by atoms with E-state index in [-0.39, 0.29) is 17.8 Å². The number of nitrogens with one attached hydrogen (secondary N) is 1. The van der Waals surface area contributed by atoms with Crippen molar-refractivity contribution in [1.82, 2.24) is 5.32 Å². The first kappa shape index (κ1) is 21.1. The summed E-state index contributed by atoms with van der Waals surface area (Å²) in [5.74, 6) is -0.748. The summed E-state index contributed by atoms with van der Waals surface area (Å²) in [5.41, 5.74) is 2.44. The molecule has 0 spiro atoms. The number of esters is 1. The predicted octanol–water partition coefficient (Wildman–Crippen LogP) is 4.72. The lowest BCUT2D eigenvalue weighted by Gasteiger charge is -2.20. The summed E-state index contributed by atoms with van der Waals surface area (Å²) in [5, 5.41) is 3.21. The lowest BCUT2D eigenvalue weighted by molar-refractivity contribution is -0.144. The van der Waals surface area contributed by atoms with Crippen molar-refractivity contribution < 1.29 is 18.7 Å². The van der Waals surface area contributed by atoms with Crippen molar-refractivity contribution in [3.8, 4) is 0 Å². The van der Waals surface area contributed by atoms with Gasteiger partial charge in [-0.1, -0.05) is 44.7 Å². The molecule has 0 aliphatic carbocycles. The molecule has 1 aromatic carbocycles. The Labute approximate surface area is 164 Å². The van der Waals surface area contributed by atoms with Crippen LogP contribution in [-0.4, -0.2) is 24.5 Å². The lowest BCUT2D eigenvalue weighted by Crippen LogP contribution is -2.39. The summed E-state index contributed by atoms with van der Waals surface area (Å²) >= 11 is 1.48. The standard InChI is InChI=1S/C21H27NO4S/c1-7-25-20(24)14(3)22-19(23)16-10-11-18(26-16)27-17-12-15(21(4,5)6)9-8-13(17)2/h8-12,14H,7H2,1-6H3,(H,22,23). The van der Waals surface area contributed by atoms with Crippen LogP contribution in [0.2, 0.25) is 0 Å². The average Bonchev–Trinajstić information content (AvgIpc) is 3.04. The predicted molar refractivity (Wildman–Crippen MR) is 106 cm³/mol. The van der Waals surface area contributed by atoms with E-state index in [1.165, 1.54) is 17.3 Å². The van der Waals surface area contributed by atoms with E-state index in [1.54, 1.807) is 26.0 Å². The normalized spacial score (nSPS) is 12.5. The van der Waals surface area contributed by atoms with Crippen LogP contribution < -0.4 is 5.32 Å². The van der Waals surface area contributed by atoms with Crippen molar-refractivity contribution >= 4 is 23.6 Å². The van der Waals surface area contributed by atoms with Gasteiger partial charge in [0, 0.05) is 4.90 Å². The number of hydrogen-bond donors (Lipinski definition) is 1. The van der Waals surface area contributed by atoms with Gasteiger partial charge in [0.05, 0.1) is 6.61 Å². The first-order chi connectivity index (χ1) is 12.6. The van der Waals surface area contributed by atoms with Gasteiger partial charge in [0.2, 0.25) is 0 Å². The van der Waals surface area contributed by atoms with Crippen LogP contribution in [0.15, 0.2) is 44.7 Å². The minimum Gasteiger partial charge on any atom is -0.464 e. The molecule has 2 aromatic rings. The zero-order chi connectivity index (χ0) is 20.2. The Morgan fingerprint density at radius 1 is 1.22 bits per heavy atom. The van der Waals surface area contributed by atoms with Gasteiger partial charge in [-0.25, -0.2) is 4.79 Å². The first-order valence-electron chi connectivity index (χ1n) is 8.98. The van der Waals surface area contributed by atoms with E-state index in [4.69, 9.17) is 9.15 Å². The second-order valence-corrected chi connectivity index (χ2v) is 8.44. The van der Waals surface area contributed by atoms with E-state index in [0.29, 0.717) is 5.09 Å². The molecule has 146 valence electrons. The number of rotatable bonds is 6. The summed E-state index contributed by atoms with van der Waals surface area (Å²) in [6.07, 6.45) is 0. The molecule has 5 nitrogen and oxygen atoms in total. The van der Waals surface area contributed by atoms with Crippen molar-refractivity contribution in [1.29, 1.82) is 0 Å². The molecule has 1 atom stereocenters. The van der Waals surface area contributed by atoms with Gasteiger partial charge in [-0.2, -0.15) is 0 Å². The number of carbonyl (C=O) groups is 2. The Balaban J connectivity index is 2.10. The molecule has 0 radical (unpaired) electrons. The number of furan rings is 1. The van der Waals surface area contributed by atoms with E-state index in [9.17, 15) is 9.59 Å². The number of hydrogen-bond acceptors (Lipinski definition) is 5. The highest BCUT2D eigenvalue weighted by molar-refractivity contribution is 7.99. The maximum absolute atomic E-state index is 12.3. The fourth-order valence-electron chi connectivity index (χ4n) is 2.38. The third kappa shape index (κ3) is 5.63. The third-order valence-corrected chi connectivity index (χ3v) is 5.14. The molecule has 0 bridgehead atoms. The van der Waals surface area contributed by atoms with E-state index in [2.05, 4.69) is 44.3 Å². The monoisotopic (exact) mass is 389 g/mol. The highest BCUT2D eigenvalue weighted by Crippen LogP contribution is 2.34. The number of aryl methyl sites for hydroxylation is 1. The van der Waals surface area contributed by atoms with E-state index in [0.717, 1.165) is 10.5 Å². The molecular formula is C21H27NO4S. The molecule has 27 heavy (non-hydrogen) atoms. The van der Waals surface area contributed by atoms with Crippen LogP contribution >= 0.6 is 11.8 Å². The fraction of sp³-hybridized carbons (Fsp3) is 0.429. The average molecular weight is 390 g/mol. The molecular weight excluding hydrogens is 362 g/mol. The minimum atomic E-state index is -0.732. The van der Waals surface area contributed by atoms with E-state index < -0.39 is 17.9 Å². The summed E-state index contributed by atoms with van der Waals surface area (Å²) in [7, 11) is 0. The van der Waals surface area contributed by atoms with Gasteiger partial charge < -0.3 is 14.5 Å². The van der Waals surface area contributed by atoms with Crippen LogP contribution in [0.4, 0.5) is 0 Å². The van der Waals surface area contributed by atoms with Crippen LogP contribution in [-0.2, 0) is 14.9 Å². The Bertz CT molecular complexity index is 820. The van der Waals surface area contributed by atoms with Gasteiger partial charge in [-0.3, -0.25) is 4.79 Å². The second kappa shape index (κ2) is 8.65. The van der Waals surface area contributed by atoms with Crippen LogP contribution in [0.5, 0.6) is 0 Å². The van der Waals surface area contributed by atoms with Crippen molar-refractivity contribution in [2.75, 3.05) is 6.61 Å². The Morgan fingerprint density at radius 2 is 1.93 bits per heavy atom. The molecule has 0 saturated carbocycles. The summed E-state index contributed by atoms with van der Waals surface area (Å²) in [4.78, 5) is 25.0. The number of benzene rings is 1. The molecule has 1 aromatic heterocycles. The Kier molecular flexibility index (Phi) is 6.76. The van der Waals surface area contributed by atoms with E-state index >= 15 is 0 Å². The van der Waals surface area contributed by atoms with Crippen LogP contribution in [0.1, 0.15) is 56.3 Å². The fourth-order valence-corrected chi connectivity index (χ4v) is 3.28. The summed E-state index contributed by atoms with van der Waals surface area (Å²) in [6, 6.07) is 9.03. The van der Waals surface area contributed by atoms with Crippen LogP contribution in [0.25, 0.3) is 0 Å². The molecule has 0 aliphatic heterocycles. The highest BCUT2D eigenvalue weighted by atomic mass is 32.2. The van der Waals surface area contributed by atoms with Gasteiger partial charge >= 0.3 is 5.97 Å². The molecule has 1 heterocycles. The smallest absolute Gasteiger partial charge is 0.328 e. The van der Waals surface area contributed by atoms with Gasteiger partial charge in [0.15, 0.2) is 10.9 Å². The molecule has 2 rings (SSSR count). The first-order valence-corrected chi connectivity index (χ1v) is 9.79. The molecule has 1 amide bonds. The maximum Gasteiger partial charge on any atom is 0.328 e. The maximum atomic E-state index is 12.3. The largest absolute Gasteiger partial charge is 0.464 e. The zero-order valence-electron chi connectivity index (χ0n) is 16.7. The highest BCUT2D eigenvalue weighted by Gasteiger charge is 2.20. The lowest BCUT2D eigenvalue weighted by atomic mass is 9.87. The summed E-state index contributed by atoms with van der Waals surface area (Å²) in [6.45, 7) is 12.1. The minimum absolute atomic E-state index is 0.0560. The van der Waals surface area contributed by atoms with Crippen LogP contribution in [0.3, 0.4) is 0 Å². The third-order valence-electron chi connectivity index (χ3n) is 4.06. The second-order valence-electron chi connectivity index (χ2n) is 7.40. The van der Waals surface area contributed by atoms with Crippen molar-refractivity contribution in [3.05, 3.63) is 47.2 Å². The van der Waals surface area contributed by atoms with Crippen molar-refractivity contribution in [2.45, 2.75) is 63.0 Å². The Morgan fingerprint density at radius 3 is 2.56 bits per heavy atom. The number of amides is 1. The van der Waals surface area contributed by atoms with Gasteiger partial charge in [0.1, 0.15) is 6.04 Å². The van der Waals surface area contributed by atoms with Crippen molar-refractivity contribution in [3.63, 3.8) is 0 Å². The Hall–Kier alpha value is -2.21. The molecule has 0 aliphatic rings. The van der Waals surface area contributed by atoms with Crippen molar-refractivity contribution in [2.24, 2.45) is 0 Å². The van der Waals surface area contributed by atoms with Gasteiger partial charge in [-0.05, 0) is 55.5 Å². The number of ether oxygens (including phenoxy) is 1. The molecule has 0 fully saturated rings. The topological polar surface area (TPSA) is 68.5 Å². The molecule has 1 unspecified atom stereocenters. The SMILES string of the molecule is CCOC(=O)C(C)NC(=O)c1ccc(Sc2cc(C(C)(C)C)ccc2C)o1. The molecule has 6 heteroatoms. The summed E-state index contributed by atoms with van der Waals surface area (Å²) < 4.78 is 10.6. The zero-order valence-corrected chi connectivity index (χ0v) is 17.5. The van der Waals surface area contributed by atoms with E-state index in [1.807, 2.05) is 6.92 Å². The number of carbonyl (C=O) groups excluding carboxylic acids is 2. The molecule has 1 N–H and O–H groups in total. The molecule has 0 saturated heterocycles.